The topological polar surface area (TPSA) is 120 Å². The SMILES string of the molecule is CC(C)(C)OC(=O)CC(=O)[C@H](CCCCNC(=O)OCc1ccccc1)NC(=O)OC(C)(C)C. The van der Waals surface area contributed by atoms with Crippen LogP contribution in [0.5, 0.6) is 0 Å². The van der Waals surface area contributed by atoms with E-state index < -0.39 is 47.6 Å². The fourth-order valence-electron chi connectivity index (χ4n) is 2.84. The van der Waals surface area contributed by atoms with Gasteiger partial charge in [-0.05, 0) is 66.4 Å². The van der Waals surface area contributed by atoms with E-state index >= 15 is 0 Å². The molecule has 0 fully saturated rings. The Kier molecular flexibility index (Phi) is 11.5. The molecule has 1 aromatic rings. The Hall–Kier alpha value is -3.10. The van der Waals surface area contributed by atoms with Crippen LogP contribution in [-0.4, -0.2) is 47.7 Å². The number of amides is 2. The van der Waals surface area contributed by atoms with Gasteiger partial charge >= 0.3 is 18.2 Å². The molecule has 9 nitrogen and oxygen atoms in total. The first kappa shape index (κ1) is 28.9. The summed E-state index contributed by atoms with van der Waals surface area (Å²) < 4.78 is 15.6. The zero-order chi connectivity index (χ0) is 25.8. The largest absolute Gasteiger partial charge is 0.460 e. The Bertz CT molecular complexity index is 811. The van der Waals surface area contributed by atoms with Gasteiger partial charge in [0.15, 0.2) is 5.78 Å². The Morgan fingerprint density at radius 2 is 1.47 bits per heavy atom. The molecule has 0 radical (unpaired) electrons. The van der Waals surface area contributed by atoms with Crippen LogP contribution in [-0.2, 0) is 30.4 Å². The van der Waals surface area contributed by atoms with Gasteiger partial charge in [0.05, 0.1) is 6.04 Å². The van der Waals surface area contributed by atoms with Crippen molar-refractivity contribution < 1.29 is 33.4 Å². The second-order valence-electron chi connectivity index (χ2n) is 9.91. The Morgan fingerprint density at radius 1 is 0.853 bits per heavy atom. The van der Waals surface area contributed by atoms with Crippen LogP contribution in [0.2, 0.25) is 0 Å². The van der Waals surface area contributed by atoms with Gasteiger partial charge in [-0.1, -0.05) is 30.3 Å². The number of esters is 1. The van der Waals surface area contributed by atoms with Crippen molar-refractivity contribution in [3.63, 3.8) is 0 Å². The Labute approximate surface area is 201 Å². The van der Waals surface area contributed by atoms with Crippen molar-refractivity contribution in [2.24, 2.45) is 0 Å². The molecule has 2 amide bonds. The van der Waals surface area contributed by atoms with Crippen molar-refractivity contribution in [2.75, 3.05) is 6.54 Å². The summed E-state index contributed by atoms with van der Waals surface area (Å²) >= 11 is 0. The fraction of sp³-hybridized carbons (Fsp3) is 0.600. The minimum Gasteiger partial charge on any atom is -0.460 e. The molecule has 34 heavy (non-hydrogen) atoms. The average Bonchev–Trinajstić information content (AvgIpc) is 2.69. The standard InChI is InChI=1S/C25H38N2O7/c1-24(2,3)33-21(29)16-20(28)19(27-23(31)34-25(4,5)6)14-10-11-15-26-22(30)32-17-18-12-8-7-9-13-18/h7-9,12-13,19H,10-11,14-17H2,1-6H3,(H,26,30)(H,27,31)/t19-/m0/s1. The molecule has 1 rings (SSSR count). The first-order valence-corrected chi connectivity index (χ1v) is 11.4. The van der Waals surface area contributed by atoms with E-state index in [1.54, 1.807) is 41.5 Å². The molecule has 0 spiro atoms. The molecule has 0 aromatic heterocycles. The van der Waals surface area contributed by atoms with E-state index in [9.17, 15) is 19.2 Å². The first-order chi connectivity index (χ1) is 15.7. The molecule has 190 valence electrons. The van der Waals surface area contributed by atoms with Crippen LogP contribution in [0, 0.1) is 0 Å². The number of alkyl carbamates (subject to hydrolysis) is 2. The van der Waals surface area contributed by atoms with Crippen molar-refractivity contribution >= 4 is 23.9 Å². The van der Waals surface area contributed by atoms with Crippen LogP contribution in [0.4, 0.5) is 9.59 Å². The summed E-state index contributed by atoms with van der Waals surface area (Å²) in [5.74, 6) is -1.12. The van der Waals surface area contributed by atoms with Crippen LogP contribution in [0.15, 0.2) is 30.3 Å². The summed E-state index contributed by atoms with van der Waals surface area (Å²) in [6.07, 6.45) is -0.388. The molecule has 0 aliphatic carbocycles. The summed E-state index contributed by atoms with van der Waals surface area (Å²) in [6, 6.07) is 8.42. The predicted molar refractivity (Wildman–Crippen MR) is 127 cm³/mol. The molecule has 0 saturated carbocycles. The van der Waals surface area contributed by atoms with Crippen LogP contribution < -0.4 is 10.6 Å². The van der Waals surface area contributed by atoms with E-state index in [4.69, 9.17) is 14.2 Å². The monoisotopic (exact) mass is 478 g/mol. The summed E-state index contributed by atoms with van der Waals surface area (Å²) in [5, 5.41) is 5.20. The molecule has 2 N–H and O–H groups in total. The lowest BCUT2D eigenvalue weighted by Gasteiger charge is -2.24. The highest BCUT2D eigenvalue weighted by Gasteiger charge is 2.27. The number of ether oxygens (including phenoxy) is 3. The number of benzene rings is 1. The second-order valence-corrected chi connectivity index (χ2v) is 9.91. The van der Waals surface area contributed by atoms with Crippen LogP contribution in [0.3, 0.4) is 0 Å². The van der Waals surface area contributed by atoms with Gasteiger partial charge in [0, 0.05) is 6.54 Å². The maximum atomic E-state index is 12.7. The Balaban J connectivity index is 2.50. The third kappa shape index (κ3) is 14.1. The minimum atomic E-state index is -0.910. The highest BCUT2D eigenvalue weighted by atomic mass is 16.6. The smallest absolute Gasteiger partial charge is 0.408 e. The molecular weight excluding hydrogens is 440 g/mol. The molecular formula is C25H38N2O7. The lowest BCUT2D eigenvalue weighted by Crippen LogP contribution is -2.44. The average molecular weight is 479 g/mol. The van der Waals surface area contributed by atoms with Gasteiger partial charge in [0.1, 0.15) is 24.2 Å². The number of hydrogen-bond donors (Lipinski definition) is 2. The van der Waals surface area contributed by atoms with Gasteiger partial charge in [0.25, 0.3) is 0 Å². The molecule has 9 heteroatoms. The van der Waals surface area contributed by atoms with E-state index in [2.05, 4.69) is 10.6 Å². The van der Waals surface area contributed by atoms with Gasteiger partial charge in [-0.3, -0.25) is 9.59 Å². The molecule has 0 unspecified atom stereocenters. The molecule has 0 saturated heterocycles. The van der Waals surface area contributed by atoms with E-state index in [-0.39, 0.29) is 13.0 Å². The molecule has 1 aromatic carbocycles. The highest BCUT2D eigenvalue weighted by Crippen LogP contribution is 2.12. The molecule has 0 heterocycles. The summed E-state index contributed by atoms with van der Waals surface area (Å²) in [5.41, 5.74) is -0.559. The molecule has 0 bridgehead atoms. The van der Waals surface area contributed by atoms with Gasteiger partial charge in [-0.25, -0.2) is 9.59 Å². The third-order valence-corrected chi connectivity index (χ3v) is 4.22. The first-order valence-electron chi connectivity index (χ1n) is 11.4. The van der Waals surface area contributed by atoms with Crippen molar-refractivity contribution in [1.29, 1.82) is 0 Å². The normalized spacial score (nSPS) is 12.3. The zero-order valence-corrected chi connectivity index (χ0v) is 21.1. The van der Waals surface area contributed by atoms with Gasteiger partial charge in [-0.15, -0.1) is 0 Å². The van der Waals surface area contributed by atoms with E-state index in [1.165, 1.54) is 0 Å². The predicted octanol–water partition coefficient (Wildman–Crippen LogP) is 4.28. The van der Waals surface area contributed by atoms with Crippen molar-refractivity contribution in [3.8, 4) is 0 Å². The number of carbonyl (C=O) groups excluding carboxylic acids is 4. The van der Waals surface area contributed by atoms with Crippen LogP contribution in [0.25, 0.3) is 0 Å². The molecule has 0 aliphatic rings. The Morgan fingerprint density at radius 3 is 2.06 bits per heavy atom. The quantitative estimate of drug-likeness (QED) is 0.211. The van der Waals surface area contributed by atoms with Crippen LogP contribution >= 0.6 is 0 Å². The summed E-state index contributed by atoms with van der Waals surface area (Å²) in [6.45, 7) is 10.8. The number of carbonyl (C=O) groups is 4. The summed E-state index contributed by atoms with van der Waals surface area (Å²) in [4.78, 5) is 48.7. The third-order valence-electron chi connectivity index (χ3n) is 4.22. The molecule has 1 atom stereocenters. The van der Waals surface area contributed by atoms with Gasteiger partial charge in [0.2, 0.25) is 0 Å². The maximum absolute atomic E-state index is 12.7. The number of unbranched alkanes of at least 4 members (excludes halogenated alkanes) is 1. The number of rotatable bonds is 11. The van der Waals surface area contributed by atoms with Crippen molar-refractivity contribution in [1.82, 2.24) is 10.6 Å². The molecule has 0 aliphatic heterocycles. The maximum Gasteiger partial charge on any atom is 0.408 e. The number of ketones is 1. The fourth-order valence-corrected chi connectivity index (χ4v) is 2.84. The zero-order valence-electron chi connectivity index (χ0n) is 21.1. The number of hydrogen-bond acceptors (Lipinski definition) is 7. The van der Waals surface area contributed by atoms with Crippen LogP contribution in [0.1, 0.15) is 72.8 Å². The highest BCUT2D eigenvalue weighted by molar-refractivity contribution is 5.99. The van der Waals surface area contributed by atoms with Crippen molar-refractivity contribution in [2.45, 2.75) is 91.1 Å². The van der Waals surface area contributed by atoms with Gasteiger partial charge < -0.3 is 24.8 Å². The lowest BCUT2D eigenvalue weighted by atomic mass is 10.0. The van der Waals surface area contributed by atoms with E-state index in [0.29, 0.717) is 19.4 Å². The number of Topliss-reactive ketones (excluding diaryl/α,β-unsaturated/α-hetero) is 1. The van der Waals surface area contributed by atoms with E-state index in [0.717, 1.165) is 5.56 Å². The van der Waals surface area contributed by atoms with Crippen molar-refractivity contribution in [3.05, 3.63) is 35.9 Å². The number of nitrogens with one attached hydrogen (secondary N) is 2. The summed E-state index contributed by atoms with van der Waals surface area (Å²) in [7, 11) is 0. The van der Waals surface area contributed by atoms with E-state index in [1.807, 2.05) is 30.3 Å². The minimum absolute atomic E-state index is 0.174. The lowest BCUT2D eigenvalue weighted by molar-refractivity contribution is -0.156. The second kappa shape index (κ2) is 13.6. The van der Waals surface area contributed by atoms with Gasteiger partial charge in [-0.2, -0.15) is 0 Å².